The van der Waals surface area contributed by atoms with Crippen molar-refractivity contribution in [1.82, 2.24) is 0 Å². The Morgan fingerprint density at radius 3 is 1.09 bits per heavy atom. The van der Waals surface area contributed by atoms with Gasteiger partial charge in [-0.15, -0.1) is 0 Å². The second-order valence-corrected chi connectivity index (χ2v) is 14.8. The number of allylic oxidation sites excluding steroid dienone is 1. The fraction of sp³-hybridized carbons (Fsp3) is 0.949. The van der Waals surface area contributed by atoms with Crippen LogP contribution >= 0.6 is 0 Å². The minimum atomic E-state index is -4.38. The lowest BCUT2D eigenvalue weighted by Crippen LogP contribution is -2.12. The summed E-state index contributed by atoms with van der Waals surface area (Å²) in [5.74, 6) is 0.0556. The highest BCUT2D eigenvalue weighted by molar-refractivity contribution is 7.80. The molecule has 1 unspecified atom stereocenters. The van der Waals surface area contributed by atoms with Crippen LogP contribution in [0.3, 0.4) is 0 Å². The Labute approximate surface area is 277 Å². The number of hydrogen-bond donors (Lipinski definition) is 1. The maximum absolute atomic E-state index is 11.1. The van der Waals surface area contributed by atoms with Crippen LogP contribution in [0.4, 0.5) is 0 Å². The summed E-state index contributed by atoms with van der Waals surface area (Å²) in [6, 6.07) is 0. The molecular formula is C39H78O4S. The molecule has 0 aliphatic rings. The number of unbranched alkanes of at least 4 members (excludes halogenated alkanes) is 30. The molecule has 0 aromatic heterocycles. The van der Waals surface area contributed by atoms with Crippen molar-refractivity contribution in [2.45, 2.75) is 226 Å². The summed E-state index contributed by atoms with van der Waals surface area (Å²) >= 11 is 0. The first kappa shape index (κ1) is 43.6. The van der Waals surface area contributed by atoms with Gasteiger partial charge in [-0.1, -0.05) is 219 Å². The fourth-order valence-corrected chi connectivity index (χ4v) is 6.63. The molecule has 0 aromatic rings. The molecule has 0 saturated carbocycles. The van der Waals surface area contributed by atoms with Crippen molar-refractivity contribution >= 4 is 10.4 Å². The fourth-order valence-electron chi connectivity index (χ4n) is 6.29. The van der Waals surface area contributed by atoms with Crippen LogP contribution in [0.1, 0.15) is 226 Å². The minimum Gasteiger partial charge on any atom is -0.264 e. The van der Waals surface area contributed by atoms with Crippen molar-refractivity contribution in [1.29, 1.82) is 0 Å². The number of hydrogen-bond acceptors (Lipinski definition) is 3. The third kappa shape index (κ3) is 37.8. The van der Waals surface area contributed by atoms with E-state index < -0.39 is 10.4 Å². The molecule has 0 amide bonds. The highest BCUT2D eigenvalue weighted by Crippen LogP contribution is 2.18. The smallest absolute Gasteiger partial charge is 0.264 e. The quantitative estimate of drug-likeness (QED) is 0.0416. The molecule has 0 aliphatic heterocycles. The van der Waals surface area contributed by atoms with Gasteiger partial charge in [-0.25, -0.2) is 4.18 Å². The maximum atomic E-state index is 11.1. The SMILES string of the molecule is CCCCCCCCCCCCCCCCCCC/C=C/C(CCCCCCCCCCCCCCCC)COS(=O)(=O)O. The second kappa shape index (κ2) is 35.5. The first-order valence-electron chi connectivity index (χ1n) is 19.8. The summed E-state index contributed by atoms with van der Waals surface area (Å²) in [5, 5.41) is 0. The van der Waals surface area contributed by atoms with Crippen LogP contribution in [0.5, 0.6) is 0 Å². The molecule has 0 bridgehead atoms. The molecule has 4 nitrogen and oxygen atoms in total. The summed E-state index contributed by atoms with van der Waals surface area (Å²) in [7, 11) is -4.38. The van der Waals surface area contributed by atoms with Crippen molar-refractivity contribution in [3.63, 3.8) is 0 Å². The summed E-state index contributed by atoms with van der Waals surface area (Å²) in [6.07, 6.45) is 48.5. The van der Waals surface area contributed by atoms with Crippen molar-refractivity contribution in [3.05, 3.63) is 12.2 Å². The van der Waals surface area contributed by atoms with Crippen LogP contribution in [0.2, 0.25) is 0 Å². The van der Waals surface area contributed by atoms with Crippen LogP contribution in [-0.4, -0.2) is 19.6 Å². The van der Waals surface area contributed by atoms with Gasteiger partial charge >= 0.3 is 10.4 Å². The van der Waals surface area contributed by atoms with E-state index in [1.165, 1.54) is 193 Å². The molecule has 0 aliphatic carbocycles. The molecule has 0 fully saturated rings. The molecule has 264 valence electrons. The summed E-state index contributed by atoms with van der Waals surface area (Å²) in [5.41, 5.74) is 0. The van der Waals surface area contributed by atoms with Crippen LogP contribution in [-0.2, 0) is 14.6 Å². The topological polar surface area (TPSA) is 63.6 Å². The van der Waals surface area contributed by atoms with Gasteiger partial charge in [0, 0.05) is 5.92 Å². The third-order valence-corrected chi connectivity index (χ3v) is 9.68. The molecule has 5 heteroatoms. The highest BCUT2D eigenvalue weighted by Gasteiger charge is 2.11. The molecule has 0 rings (SSSR count). The van der Waals surface area contributed by atoms with Gasteiger partial charge in [0.25, 0.3) is 0 Å². The molecule has 44 heavy (non-hydrogen) atoms. The van der Waals surface area contributed by atoms with Gasteiger partial charge in [0.15, 0.2) is 0 Å². The Hall–Kier alpha value is -0.390. The zero-order chi connectivity index (χ0) is 32.2. The van der Waals surface area contributed by atoms with Gasteiger partial charge in [0.1, 0.15) is 0 Å². The third-order valence-electron chi connectivity index (χ3n) is 9.24. The van der Waals surface area contributed by atoms with Gasteiger partial charge < -0.3 is 0 Å². The molecule has 1 atom stereocenters. The first-order chi connectivity index (χ1) is 21.5. The summed E-state index contributed by atoms with van der Waals surface area (Å²) < 4.78 is 35.9. The zero-order valence-electron chi connectivity index (χ0n) is 29.9. The predicted octanol–water partition coefficient (Wildman–Crippen LogP) is 13.9. The average molecular weight is 643 g/mol. The molecule has 1 N–H and O–H groups in total. The van der Waals surface area contributed by atoms with Gasteiger partial charge in [-0.05, 0) is 19.3 Å². The Morgan fingerprint density at radius 2 is 0.773 bits per heavy atom. The van der Waals surface area contributed by atoms with Crippen LogP contribution in [0, 0.1) is 5.92 Å². The van der Waals surface area contributed by atoms with E-state index in [1.807, 2.05) is 0 Å². The van der Waals surface area contributed by atoms with Crippen molar-refractivity contribution < 1.29 is 17.2 Å². The highest BCUT2D eigenvalue weighted by atomic mass is 32.3. The lowest BCUT2D eigenvalue weighted by Gasteiger charge is -2.12. The van der Waals surface area contributed by atoms with E-state index in [0.717, 1.165) is 19.3 Å². The molecule has 0 heterocycles. The Kier molecular flexibility index (Phi) is 35.1. The summed E-state index contributed by atoms with van der Waals surface area (Å²) in [6.45, 7) is 4.61. The predicted molar refractivity (Wildman–Crippen MR) is 194 cm³/mol. The summed E-state index contributed by atoms with van der Waals surface area (Å²) in [4.78, 5) is 0. The van der Waals surface area contributed by atoms with Crippen molar-refractivity contribution in [3.8, 4) is 0 Å². The van der Waals surface area contributed by atoms with Crippen LogP contribution in [0.15, 0.2) is 12.2 Å². The van der Waals surface area contributed by atoms with Gasteiger partial charge in [-0.2, -0.15) is 8.42 Å². The van der Waals surface area contributed by atoms with Crippen LogP contribution < -0.4 is 0 Å². The normalized spacial score (nSPS) is 12.9. The standard InChI is InChI=1S/C39H78O4S/c1-3-5-7-9-11-13-15-17-19-20-21-22-23-25-27-29-31-33-35-37-39(38-43-44(40,41)42)36-34-32-30-28-26-24-18-16-14-12-10-8-6-4-2/h35,37,39H,3-34,36,38H2,1-2H3,(H,40,41,42)/b37-35+. The molecule has 0 aromatic carbocycles. The maximum Gasteiger partial charge on any atom is 0.397 e. The van der Waals surface area contributed by atoms with Gasteiger partial charge in [0.05, 0.1) is 6.61 Å². The Balaban J connectivity index is 3.71. The van der Waals surface area contributed by atoms with Gasteiger partial charge in [0.2, 0.25) is 0 Å². The van der Waals surface area contributed by atoms with E-state index in [1.54, 1.807) is 0 Å². The zero-order valence-corrected chi connectivity index (χ0v) is 30.7. The minimum absolute atomic E-state index is 0.0484. The van der Waals surface area contributed by atoms with Crippen molar-refractivity contribution in [2.75, 3.05) is 6.61 Å². The lowest BCUT2D eigenvalue weighted by atomic mass is 9.99. The van der Waals surface area contributed by atoms with Gasteiger partial charge in [-0.3, -0.25) is 4.55 Å². The first-order valence-corrected chi connectivity index (χ1v) is 21.1. The average Bonchev–Trinajstić information content (AvgIpc) is 3.00. The van der Waals surface area contributed by atoms with Crippen LogP contribution in [0.25, 0.3) is 0 Å². The van der Waals surface area contributed by atoms with Crippen molar-refractivity contribution in [2.24, 2.45) is 5.92 Å². The second-order valence-electron chi connectivity index (χ2n) is 13.7. The van der Waals surface area contributed by atoms with E-state index in [-0.39, 0.29) is 12.5 Å². The number of rotatable bonds is 37. The largest absolute Gasteiger partial charge is 0.397 e. The van der Waals surface area contributed by atoms with E-state index in [2.05, 4.69) is 26.0 Å². The molecule has 0 saturated heterocycles. The molecule has 0 spiro atoms. The van der Waals surface area contributed by atoms with E-state index in [9.17, 15) is 8.42 Å². The molecule has 0 radical (unpaired) electrons. The Bertz CT molecular complexity index is 676. The van der Waals surface area contributed by atoms with E-state index >= 15 is 0 Å². The monoisotopic (exact) mass is 643 g/mol. The Morgan fingerprint density at radius 1 is 0.477 bits per heavy atom. The lowest BCUT2D eigenvalue weighted by molar-refractivity contribution is 0.234. The van der Waals surface area contributed by atoms with E-state index in [0.29, 0.717) is 0 Å². The van der Waals surface area contributed by atoms with E-state index in [4.69, 9.17) is 8.74 Å². The molecular weight excluding hydrogens is 564 g/mol.